The quantitative estimate of drug-likeness (QED) is 0.0707. The Bertz CT molecular complexity index is 1660. The number of amides is 6. The third kappa shape index (κ3) is 14.8. The lowest BCUT2D eigenvalue weighted by molar-refractivity contribution is -0.142. The molecule has 12 N–H and O–H groups in total. The second kappa shape index (κ2) is 21.2. The van der Waals surface area contributed by atoms with Gasteiger partial charge < -0.3 is 53.2 Å². The largest absolute Gasteiger partial charge is 0.481 e. The molecule has 6 atom stereocenters. The number of carbonyl (C=O) groups is 8. The highest BCUT2D eigenvalue weighted by atomic mass is 16.4. The fourth-order valence-corrected chi connectivity index (χ4v) is 5.59. The number of benzene rings is 1. The Balaban J connectivity index is 2.28. The molecule has 1 aromatic heterocycles. The van der Waals surface area contributed by atoms with Crippen LogP contribution < -0.4 is 38.1 Å². The lowest BCUT2D eigenvalue weighted by Gasteiger charge is -2.28. The SMILES string of the molecule is CC(C)C[C@H](NC(=O)[C@H](CC(C)C)NC(=O)[C@H](Cc1c[nH]c2ccccc12)NC(=O)[C@@H](N)CCC(=O)O)C(=O)N[C@@H](C)C(=O)N[C@@H](CCC(N)=O)C(=O)O. The fourth-order valence-electron chi connectivity index (χ4n) is 5.59. The number of hydrogen-bond acceptors (Lipinski definition) is 9. The first-order valence-corrected chi connectivity index (χ1v) is 17.8. The Hall–Kier alpha value is -5.52. The van der Waals surface area contributed by atoms with E-state index in [4.69, 9.17) is 16.6 Å². The van der Waals surface area contributed by atoms with E-state index in [0.29, 0.717) is 5.56 Å². The van der Waals surface area contributed by atoms with E-state index in [2.05, 4.69) is 31.6 Å². The predicted octanol–water partition coefficient (Wildman–Crippen LogP) is -0.211. The molecule has 0 saturated carbocycles. The lowest BCUT2D eigenvalue weighted by atomic mass is 9.98. The van der Waals surface area contributed by atoms with E-state index in [1.54, 1.807) is 6.20 Å². The van der Waals surface area contributed by atoms with Crippen molar-refractivity contribution in [2.24, 2.45) is 23.3 Å². The first-order chi connectivity index (χ1) is 25.3. The summed E-state index contributed by atoms with van der Waals surface area (Å²) in [6, 6.07) is -0.143. The Labute approximate surface area is 313 Å². The molecule has 18 heteroatoms. The molecule has 0 aliphatic heterocycles. The van der Waals surface area contributed by atoms with E-state index in [-0.39, 0.29) is 56.8 Å². The van der Waals surface area contributed by atoms with Crippen molar-refractivity contribution >= 4 is 58.3 Å². The highest BCUT2D eigenvalue weighted by molar-refractivity contribution is 5.97. The summed E-state index contributed by atoms with van der Waals surface area (Å²) in [6.45, 7) is 8.60. The number of aromatic amines is 1. The number of para-hydroxylation sites is 1. The molecule has 0 saturated heterocycles. The van der Waals surface area contributed by atoms with Gasteiger partial charge in [-0.05, 0) is 56.1 Å². The van der Waals surface area contributed by atoms with Crippen LogP contribution in [-0.2, 0) is 44.8 Å². The number of H-pyrrole nitrogens is 1. The van der Waals surface area contributed by atoms with Gasteiger partial charge in [0.15, 0.2) is 0 Å². The smallest absolute Gasteiger partial charge is 0.326 e. The minimum absolute atomic E-state index is 0.00709. The van der Waals surface area contributed by atoms with E-state index in [1.807, 2.05) is 52.0 Å². The van der Waals surface area contributed by atoms with Crippen molar-refractivity contribution in [3.05, 3.63) is 36.0 Å². The molecule has 0 aliphatic carbocycles. The minimum atomic E-state index is -1.43. The summed E-state index contributed by atoms with van der Waals surface area (Å²) in [6.07, 6.45) is 0.889. The Kier molecular flexibility index (Phi) is 17.6. The van der Waals surface area contributed by atoms with Gasteiger partial charge in [-0.25, -0.2) is 4.79 Å². The molecular weight excluding hydrogens is 704 g/mol. The number of hydrogen-bond donors (Lipinski definition) is 10. The zero-order valence-corrected chi connectivity index (χ0v) is 31.3. The zero-order valence-electron chi connectivity index (χ0n) is 31.3. The molecule has 0 fully saturated rings. The third-order valence-corrected chi connectivity index (χ3v) is 8.46. The summed E-state index contributed by atoms with van der Waals surface area (Å²) in [4.78, 5) is 104. The second-order valence-corrected chi connectivity index (χ2v) is 14.2. The number of carbonyl (C=O) groups excluding carboxylic acids is 6. The van der Waals surface area contributed by atoms with Gasteiger partial charge in [-0.3, -0.25) is 33.6 Å². The van der Waals surface area contributed by atoms with Gasteiger partial charge in [-0.15, -0.1) is 0 Å². The number of fused-ring (bicyclic) bond motifs is 1. The molecule has 0 aliphatic rings. The van der Waals surface area contributed by atoms with Crippen LogP contribution in [0.4, 0.5) is 0 Å². The van der Waals surface area contributed by atoms with Crippen LogP contribution >= 0.6 is 0 Å². The summed E-state index contributed by atoms with van der Waals surface area (Å²) in [5, 5.41) is 32.0. The van der Waals surface area contributed by atoms with E-state index in [1.165, 1.54) is 6.92 Å². The average Bonchev–Trinajstić information content (AvgIpc) is 3.49. The van der Waals surface area contributed by atoms with Crippen molar-refractivity contribution in [1.82, 2.24) is 31.6 Å². The topological polar surface area (TPSA) is 305 Å². The molecule has 6 amide bonds. The molecule has 54 heavy (non-hydrogen) atoms. The maximum atomic E-state index is 13.9. The monoisotopic (exact) mass is 758 g/mol. The standard InChI is InChI=1S/C36H54N8O10/c1-18(2)14-26(33(50)40-20(5)31(48)41-25(36(53)54)11-12-29(38)45)43-34(51)27(15-19(3)4)44-35(52)28(42-32(49)23(37)10-13-30(46)47)16-21-17-39-24-9-7-6-8-22(21)24/h6-9,17-20,23,25-28,39H,10-16,37H2,1-5H3,(H2,38,45)(H,40,50)(H,41,48)(H,42,49)(H,43,51)(H,44,52)(H,46,47)(H,53,54)/t20-,23-,25-,26-,27-,28-/m0/s1. The summed E-state index contributed by atoms with van der Waals surface area (Å²) in [5.74, 6) is -7.28. The van der Waals surface area contributed by atoms with E-state index in [9.17, 15) is 43.5 Å². The molecular formula is C36H54N8O10. The zero-order chi connectivity index (χ0) is 40.7. The van der Waals surface area contributed by atoms with Crippen molar-refractivity contribution < 1.29 is 48.6 Å². The van der Waals surface area contributed by atoms with Crippen LogP contribution in [0.25, 0.3) is 10.9 Å². The van der Waals surface area contributed by atoms with E-state index < -0.39 is 83.6 Å². The van der Waals surface area contributed by atoms with Crippen LogP contribution in [0.15, 0.2) is 30.5 Å². The van der Waals surface area contributed by atoms with Gasteiger partial charge in [0.25, 0.3) is 0 Å². The minimum Gasteiger partial charge on any atom is -0.481 e. The van der Waals surface area contributed by atoms with Gasteiger partial charge in [0.2, 0.25) is 35.4 Å². The number of carboxylic acid groups (broad SMARTS) is 2. The number of aliphatic carboxylic acids is 2. The average molecular weight is 759 g/mol. The van der Waals surface area contributed by atoms with Crippen LogP contribution in [-0.4, -0.2) is 98.8 Å². The Morgan fingerprint density at radius 1 is 0.667 bits per heavy atom. The lowest BCUT2D eigenvalue weighted by Crippen LogP contribution is -2.59. The fraction of sp³-hybridized carbons (Fsp3) is 0.556. The molecule has 18 nitrogen and oxygen atoms in total. The summed E-state index contributed by atoms with van der Waals surface area (Å²) in [5.41, 5.74) is 12.5. The molecule has 2 rings (SSSR count). The van der Waals surface area contributed by atoms with Gasteiger partial charge in [0.1, 0.15) is 30.2 Å². The van der Waals surface area contributed by atoms with Gasteiger partial charge in [0.05, 0.1) is 6.04 Å². The maximum absolute atomic E-state index is 13.9. The molecule has 1 heterocycles. The van der Waals surface area contributed by atoms with E-state index in [0.717, 1.165) is 10.9 Å². The molecule has 298 valence electrons. The summed E-state index contributed by atoms with van der Waals surface area (Å²) >= 11 is 0. The third-order valence-electron chi connectivity index (χ3n) is 8.46. The Morgan fingerprint density at radius 2 is 1.19 bits per heavy atom. The number of nitrogens with one attached hydrogen (secondary N) is 6. The second-order valence-electron chi connectivity index (χ2n) is 14.2. The first-order valence-electron chi connectivity index (χ1n) is 17.8. The maximum Gasteiger partial charge on any atom is 0.326 e. The van der Waals surface area contributed by atoms with Gasteiger partial charge in [-0.2, -0.15) is 0 Å². The molecule has 0 radical (unpaired) electrons. The van der Waals surface area contributed by atoms with Crippen molar-refractivity contribution in [3.63, 3.8) is 0 Å². The number of aromatic nitrogens is 1. The van der Waals surface area contributed by atoms with Crippen LogP contribution in [0.1, 0.15) is 78.7 Å². The van der Waals surface area contributed by atoms with Crippen molar-refractivity contribution in [3.8, 4) is 0 Å². The molecule has 0 bridgehead atoms. The van der Waals surface area contributed by atoms with Crippen molar-refractivity contribution in [1.29, 1.82) is 0 Å². The Morgan fingerprint density at radius 3 is 1.72 bits per heavy atom. The van der Waals surface area contributed by atoms with Gasteiger partial charge in [-0.1, -0.05) is 45.9 Å². The van der Waals surface area contributed by atoms with Crippen LogP contribution in [0.5, 0.6) is 0 Å². The number of carboxylic acids is 2. The first kappa shape index (κ1) is 44.6. The summed E-state index contributed by atoms with van der Waals surface area (Å²) < 4.78 is 0. The highest BCUT2D eigenvalue weighted by Gasteiger charge is 2.33. The van der Waals surface area contributed by atoms with Crippen molar-refractivity contribution in [2.75, 3.05) is 0 Å². The van der Waals surface area contributed by atoms with E-state index >= 15 is 0 Å². The predicted molar refractivity (Wildman–Crippen MR) is 197 cm³/mol. The number of nitrogens with two attached hydrogens (primary N) is 2. The molecule has 0 unspecified atom stereocenters. The van der Waals surface area contributed by atoms with Crippen molar-refractivity contribution in [2.45, 2.75) is 116 Å². The highest BCUT2D eigenvalue weighted by Crippen LogP contribution is 2.20. The molecule has 2 aromatic rings. The number of primary amides is 1. The van der Waals surface area contributed by atoms with Crippen LogP contribution in [0.2, 0.25) is 0 Å². The number of rotatable bonds is 23. The molecule has 0 spiro atoms. The van der Waals surface area contributed by atoms with Gasteiger partial charge >= 0.3 is 11.9 Å². The summed E-state index contributed by atoms with van der Waals surface area (Å²) in [7, 11) is 0. The normalized spacial score (nSPS) is 14.6. The molecule has 1 aromatic carbocycles. The van der Waals surface area contributed by atoms with Gasteiger partial charge in [0, 0.05) is 36.4 Å². The van der Waals surface area contributed by atoms with Crippen LogP contribution in [0, 0.1) is 11.8 Å². The van der Waals surface area contributed by atoms with Crippen LogP contribution in [0.3, 0.4) is 0 Å².